The van der Waals surface area contributed by atoms with Crippen molar-refractivity contribution in [1.29, 1.82) is 0 Å². The van der Waals surface area contributed by atoms with Gasteiger partial charge >= 0.3 is 0 Å². The van der Waals surface area contributed by atoms with Crippen molar-refractivity contribution in [2.75, 3.05) is 13.2 Å². The van der Waals surface area contributed by atoms with Crippen LogP contribution in [0.25, 0.3) is 0 Å². The van der Waals surface area contributed by atoms with Gasteiger partial charge in [0.1, 0.15) is 56.6 Å². The summed E-state index contributed by atoms with van der Waals surface area (Å²) in [4.78, 5) is 11.2. The lowest BCUT2D eigenvalue weighted by atomic mass is 8.57. The first-order valence-electron chi connectivity index (χ1n) is 16.9. The number of carbonyl (C=O) groups excluding carboxylic acids is 1. The highest BCUT2D eigenvalue weighted by Gasteiger charge is 2.45. The molecule has 0 radical (unpaired) electrons. The van der Waals surface area contributed by atoms with Gasteiger partial charge in [-0.1, -0.05) is 23.1 Å². The molecule has 0 saturated heterocycles. The summed E-state index contributed by atoms with van der Waals surface area (Å²) < 4.78 is 18.9. The number of aldehydes is 1. The van der Waals surface area contributed by atoms with Crippen LogP contribution in [0, 0.1) is 0 Å². The molecular weight excluding hydrogens is 520 g/mol. The number of carbonyl (C=O) groups is 1. The van der Waals surface area contributed by atoms with Crippen LogP contribution in [0.1, 0.15) is 15.9 Å². The molecule has 2 aliphatic heterocycles. The lowest BCUT2D eigenvalue weighted by Gasteiger charge is -2.24. The van der Waals surface area contributed by atoms with E-state index < -0.39 is 0 Å². The normalized spacial score (nSPS) is 12.6. The SMILES string of the molecule is BB(B)B(B)B(B(B)B)B1C=C1COc1cc(COc2cccc(C=O)c2)cc(OCC2=CB2B(B(B)B)B(B)B(B)B)c1. The number of rotatable bonds is 18. The minimum absolute atomic E-state index is 0.356. The van der Waals surface area contributed by atoms with E-state index in [4.69, 9.17) is 14.2 Å². The zero-order chi connectivity index (χ0) is 32.1. The van der Waals surface area contributed by atoms with Crippen molar-refractivity contribution in [2.45, 2.75) is 6.61 Å². The second-order valence-corrected chi connectivity index (χ2v) is 14.8. The van der Waals surface area contributed by atoms with Crippen molar-refractivity contribution in [2.24, 2.45) is 0 Å². The third-order valence-electron chi connectivity index (χ3n) is 10.3. The molecular formula is C20H36B20O4. The predicted octanol–water partition coefficient (Wildman–Crippen LogP) is -9.25. The fourth-order valence-electron chi connectivity index (χ4n) is 7.02. The van der Waals surface area contributed by atoms with Crippen molar-refractivity contribution < 1.29 is 19.0 Å². The summed E-state index contributed by atoms with van der Waals surface area (Å²) in [5.41, 5.74) is 4.37. The minimum Gasteiger partial charge on any atom is -0.490 e. The van der Waals surface area contributed by atoms with Gasteiger partial charge in [-0.05, 0) is 29.8 Å². The van der Waals surface area contributed by atoms with Gasteiger partial charge in [-0.25, -0.2) is 0 Å². The molecule has 4 nitrogen and oxygen atoms in total. The van der Waals surface area contributed by atoms with Gasteiger partial charge in [0.15, 0.2) is 0 Å². The second-order valence-electron chi connectivity index (χ2n) is 14.8. The topological polar surface area (TPSA) is 44.8 Å². The molecule has 0 unspecified atom stereocenters. The Kier molecular flexibility index (Phi) is 12.6. The zero-order valence-corrected chi connectivity index (χ0v) is 28.8. The Morgan fingerprint density at radius 2 is 1.07 bits per heavy atom. The number of benzene rings is 2. The molecule has 0 N–H and O–H groups in total. The quantitative estimate of drug-likeness (QED) is 0.135. The summed E-state index contributed by atoms with van der Waals surface area (Å²) in [6, 6.07) is 13.3. The standard InChI is InChI=1S/C20H36B20O4/c21-33(22)37(29)39(35(25)26)31-8-16(31)12-43-19-5-15(11-42-18-3-1-2-14(4-18)10-41)6-20(7-19)44-13-17-9-32(17)40(36(27)28)38(30)34(23)24/h1-10H,11-13,21-30H2. The summed E-state index contributed by atoms with van der Waals surface area (Å²) in [5, 5.41) is 0. The van der Waals surface area contributed by atoms with Gasteiger partial charge in [-0.2, -0.15) is 0 Å². The van der Waals surface area contributed by atoms with E-state index in [1.54, 1.807) is 12.1 Å². The molecule has 4 rings (SSSR count). The highest BCUT2D eigenvalue weighted by atomic mass is 16.5. The van der Waals surface area contributed by atoms with Crippen molar-refractivity contribution in [3.05, 3.63) is 76.5 Å². The molecule has 0 fully saturated rings. The Labute approximate surface area is 279 Å². The highest BCUT2D eigenvalue weighted by Crippen LogP contribution is 2.30. The van der Waals surface area contributed by atoms with Crippen LogP contribution in [0.3, 0.4) is 0 Å². The number of ether oxygens (including phenoxy) is 3. The molecule has 200 valence electrons. The first-order chi connectivity index (χ1) is 20.9. The van der Waals surface area contributed by atoms with E-state index in [1.165, 1.54) is 10.9 Å². The minimum atomic E-state index is 0.356. The van der Waals surface area contributed by atoms with Gasteiger partial charge in [0.2, 0.25) is 0 Å². The molecule has 0 spiro atoms. The third-order valence-corrected chi connectivity index (χ3v) is 10.3. The Morgan fingerprint density at radius 3 is 1.50 bits per heavy atom. The fraction of sp³-hybridized carbons (Fsp3) is 0.150. The Bertz CT molecular complexity index is 1290. The zero-order valence-electron chi connectivity index (χ0n) is 28.8. The molecule has 44 heavy (non-hydrogen) atoms. The van der Waals surface area contributed by atoms with Crippen LogP contribution in [0.4, 0.5) is 0 Å². The van der Waals surface area contributed by atoms with Crippen molar-refractivity contribution in [3.8, 4) is 17.2 Å². The van der Waals surface area contributed by atoms with Crippen LogP contribution in [-0.4, -0.2) is 161 Å². The molecule has 2 aliphatic rings. The summed E-state index contributed by atoms with van der Waals surface area (Å²) >= 11 is 0. The molecule has 0 amide bonds. The maximum atomic E-state index is 11.2. The van der Waals surface area contributed by atoms with Crippen LogP contribution in [0.15, 0.2) is 65.4 Å². The van der Waals surface area contributed by atoms with Crippen molar-refractivity contribution >= 4 is 148 Å². The Hall–Kier alpha value is -1.71. The summed E-state index contributed by atoms with van der Waals surface area (Å²) in [7, 11) is 23.5. The summed E-state index contributed by atoms with van der Waals surface area (Å²) in [6.07, 6.45) is 6.01. The van der Waals surface area contributed by atoms with E-state index in [-0.39, 0.29) is 0 Å². The Balaban J connectivity index is 1.43. The average molecular weight is 557 g/mol. The lowest BCUT2D eigenvalue weighted by Crippen LogP contribution is -2.64. The van der Waals surface area contributed by atoms with E-state index in [1.807, 2.05) is 30.3 Å². The van der Waals surface area contributed by atoms with E-state index in [2.05, 4.69) is 89.3 Å². The second kappa shape index (κ2) is 15.7. The van der Waals surface area contributed by atoms with E-state index in [9.17, 15) is 4.79 Å². The molecule has 0 aliphatic carbocycles. The van der Waals surface area contributed by atoms with Gasteiger partial charge in [0.25, 0.3) is 0 Å². The molecule has 24 heteroatoms. The molecule has 0 saturated carbocycles. The van der Waals surface area contributed by atoms with Crippen LogP contribution < -0.4 is 14.2 Å². The van der Waals surface area contributed by atoms with Gasteiger partial charge in [0, 0.05) is 62.7 Å². The monoisotopic (exact) mass is 560 g/mol. The fourth-order valence-corrected chi connectivity index (χ4v) is 7.02. The van der Waals surface area contributed by atoms with Crippen LogP contribution >= 0.6 is 0 Å². The molecule has 2 aromatic rings. The van der Waals surface area contributed by atoms with Crippen molar-refractivity contribution in [1.82, 2.24) is 0 Å². The highest BCUT2D eigenvalue weighted by molar-refractivity contribution is 8.02. The van der Waals surface area contributed by atoms with Gasteiger partial charge < -0.3 is 14.2 Å². The average Bonchev–Trinajstić information content (AvgIpc) is 3.91. The largest absolute Gasteiger partial charge is 0.490 e. The first kappa shape index (κ1) is 35.1. The van der Waals surface area contributed by atoms with E-state index >= 15 is 0 Å². The van der Waals surface area contributed by atoms with Crippen LogP contribution in [0.5, 0.6) is 17.2 Å². The van der Waals surface area contributed by atoms with Gasteiger partial charge in [-0.3, -0.25) is 4.79 Å². The maximum absolute atomic E-state index is 11.2. The molecule has 2 heterocycles. The first-order valence-corrected chi connectivity index (χ1v) is 16.9. The van der Waals surface area contributed by atoms with Crippen LogP contribution in [0.2, 0.25) is 0 Å². The van der Waals surface area contributed by atoms with E-state index in [0.29, 0.717) is 95.4 Å². The van der Waals surface area contributed by atoms with Gasteiger partial charge in [-0.15, -0.1) is 12.0 Å². The molecule has 2 aromatic carbocycles. The summed E-state index contributed by atoms with van der Waals surface area (Å²) in [5.74, 6) is 7.05. The smallest absolute Gasteiger partial charge is 0.150 e. The van der Waals surface area contributed by atoms with Crippen LogP contribution in [-0.2, 0) is 6.61 Å². The molecule has 0 bridgehead atoms. The maximum Gasteiger partial charge on any atom is 0.150 e. The summed E-state index contributed by atoms with van der Waals surface area (Å²) in [6.45, 7) is 2.61. The Morgan fingerprint density at radius 1 is 0.591 bits per heavy atom. The lowest BCUT2D eigenvalue weighted by molar-refractivity contribution is 0.112. The third kappa shape index (κ3) is 9.41. The predicted molar refractivity (Wildman–Crippen MR) is 233 cm³/mol. The number of hydrogen-bond donors (Lipinski definition) is 0. The van der Waals surface area contributed by atoms with Gasteiger partial charge in [0.05, 0.1) is 77.4 Å². The van der Waals surface area contributed by atoms with Crippen molar-refractivity contribution in [3.63, 3.8) is 0 Å². The number of hydrogen-bond acceptors (Lipinski definition) is 4. The van der Waals surface area contributed by atoms with E-state index in [0.717, 1.165) is 23.3 Å². The molecule has 0 aromatic heterocycles. The molecule has 0 atom stereocenters.